The summed E-state index contributed by atoms with van der Waals surface area (Å²) in [6.07, 6.45) is 0.868. The molecule has 2 aromatic heterocycles. The van der Waals surface area contributed by atoms with Crippen LogP contribution in [0.15, 0.2) is 34.2 Å². The number of carbonyl (C=O) groups is 1. The summed E-state index contributed by atoms with van der Waals surface area (Å²) in [5, 5.41) is 4.07. The number of ether oxygens (including phenoxy) is 2. The van der Waals surface area contributed by atoms with Crippen LogP contribution in [0.3, 0.4) is 0 Å². The van der Waals surface area contributed by atoms with Gasteiger partial charge in [0, 0.05) is 23.2 Å². The predicted molar refractivity (Wildman–Crippen MR) is 116 cm³/mol. The highest BCUT2D eigenvalue weighted by molar-refractivity contribution is 7.99. The standard InChI is InChI=1S/C20H21N3O4S2/c1-3-13-10-14-18(29-13)22-20(23(4-2)19(14)25)28-11-17(24)21-12-5-6-15-16(9-12)27-8-7-26-15/h5-6,9-10H,3-4,7-8,11H2,1-2H3,(H,21,24). The summed E-state index contributed by atoms with van der Waals surface area (Å²) in [5.74, 6) is 1.27. The summed E-state index contributed by atoms with van der Waals surface area (Å²) < 4.78 is 12.7. The molecule has 3 aromatic rings. The van der Waals surface area contributed by atoms with Crippen molar-refractivity contribution in [3.63, 3.8) is 0 Å². The molecule has 29 heavy (non-hydrogen) atoms. The molecule has 7 nitrogen and oxygen atoms in total. The van der Waals surface area contributed by atoms with Crippen molar-refractivity contribution in [2.75, 3.05) is 24.3 Å². The van der Waals surface area contributed by atoms with E-state index in [0.717, 1.165) is 16.1 Å². The van der Waals surface area contributed by atoms with E-state index in [1.807, 2.05) is 13.0 Å². The second kappa shape index (κ2) is 8.46. The number of hydrogen-bond acceptors (Lipinski definition) is 7. The van der Waals surface area contributed by atoms with Gasteiger partial charge < -0.3 is 14.8 Å². The van der Waals surface area contributed by atoms with E-state index >= 15 is 0 Å². The third-order valence-corrected chi connectivity index (χ3v) is 6.64. The molecule has 0 spiro atoms. The predicted octanol–water partition coefficient (Wildman–Crippen LogP) is 3.54. The molecule has 0 atom stereocenters. The van der Waals surface area contributed by atoms with Gasteiger partial charge in [0.15, 0.2) is 16.7 Å². The molecular formula is C20H21N3O4S2. The molecule has 0 fully saturated rings. The molecule has 0 saturated carbocycles. The first kappa shape index (κ1) is 19.8. The van der Waals surface area contributed by atoms with E-state index in [4.69, 9.17) is 9.47 Å². The van der Waals surface area contributed by atoms with E-state index in [9.17, 15) is 9.59 Å². The zero-order valence-electron chi connectivity index (χ0n) is 16.2. The number of thioether (sulfide) groups is 1. The van der Waals surface area contributed by atoms with Crippen molar-refractivity contribution in [1.29, 1.82) is 0 Å². The van der Waals surface area contributed by atoms with Gasteiger partial charge >= 0.3 is 0 Å². The van der Waals surface area contributed by atoms with Gasteiger partial charge in [-0.05, 0) is 31.5 Å². The maximum Gasteiger partial charge on any atom is 0.262 e. The lowest BCUT2D eigenvalue weighted by Gasteiger charge is -2.19. The van der Waals surface area contributed by atoms with Gasteiger partial charge in [0.2, 0.25) is 5.91 Å². The number of anilines is 1. The molecule has 1 N–H and O–H groups in total. The monoisotopic (exact) mass is 431 g/mol. The van der Waals surface area contributed by atoms with Crippen molar-refractivity contribution in [3.05, 3.63) is 39.5 Å². The number of rotatable bonds is 6. The molecule has 4 rings (SSSR count). The van der Waals surface area contributed by atoms with Crippen LogP contribution in [-0.2, 0) is 17.8 Å². The molecule has 1 amide bonds. The number of aromatic nitrogens is 2. The zero-order valence-corrected chi connectivity index (χ0v) is 17.8. The van der Waals surface area contributed by atoms with Crippen molar-refractivity contribution in [2.45, 2.75) is 32.0 Å². The van der Waals surface area contributed by atoms with E-state index in [0.29, 0.717) is 47.5 Å². The van der Waals surface area contributed by atoms with Crippen LogP contribution in [0.1, 0.15) is 18.7 Å². The minimum atomic E-state index is -0.177. The van der Waals surface area contributed by atoms with Crippen molar-refractivity contribution in [3.8, 4) is 11.5 Å². The van der Waals surface area contributed by atoms with Crippen molar-refractivity contribution in [1.82, 2.24) is 9.55 Å². The number of thiophene rings is 1. The Morgan fingerprint density at radius 1 is 1.24 bits per heavy atom. The quantitative estimate of drug-likeness (QED) is 0.475. The second-order valence-electron chi connectivity index (χ2n) is 6.42. The molecule has 1 aliphatic heterocycles. The Bertz CT molecular complexity index is 1120. The summed E-state index contributed by atoms with van der Waals surface area (Å²) in [6, 6.07) is 7.23. The maximum atomic E-state index is 12.8. The first-order valence-corrected chi connectivity index (χ1v) is 11.2. The molecule has 0 unspecified atom stereocenters. The minimum Gasteiger partial charge on any atom is -0.486 e. The lowest BCUT2D eigenvalue weighted by Crippen LogP contribution is -2.23. The lowest BCUT2D eigenvalue weighted by atomic mass is 10.2. The Labute approximate surface area is 176 Å². The number of carbonyl (C=O) groups excluding carboxylic acids is 1. The van der Waals surface area contributed by atoms with Crippen molar-refractivity contribution >= 4 is 44.9 Å². The van der Waals surface area contributed by atoms with Gasteiger partial charge in [-0.1, -0.05) is 18.7 Å². The number of aryl methyl sites for hydroxylation is 1. The molecule has 0 radical (unpaired) electrons. The van der Waals surface area contributed by atoms with Crippen LogP contribution in [0.2, 0.25) is 0 Å². The molecule has 3 heterocycles. The van der Waals surface area contributed by atoms with Gasteiger partial charge in [0.25, 0.3) is 5.56 Å². The highest BCUT2D eigenvalue weighted by Crippen LogP contribution is 2.32. The van der Waals surface area contributed by atoms with Gasteiger partial charge in [0.1, 0.15) is 18.0 Å². The van der Waals surface area contributed by atoms with Crippen LogP contribution in [0.25, 0.3) is 10.2 Å². The fourth-order valence-corrected chi connectivity index (χ4v) is 4.93. The number of nitrogens with zero attached hydrogens (tertiary/aromatic N) is 2. The topological polar surface area (TPSA) is 82.5 Å². The number of fused-ring (bicyclic) bond motifs is 2. The highest BCUT2D eigenvalue weighted by Gasteiger charge is 2.16. The van der Waals surface area contributed by atoms with Gasteiger partial charge in [-0.25, -0.2) is 4.98 Å². The van der Waals surface area contributed by atoms with Crippen LogP contribution in [0.4, 0.5) is 5.69 Å². The van der Waals surface area contributed by atoms with Gasteiger partial charge in [-0.2, -0.15) is 0 Å². The number of hydrogen-bond donors (Lipinski definition) is 1. The first-order chi connectivity index (χ1) is 14.1. The SMILES string of the molecule is CCc1cc2c(=O)n(CC)c(SCC(=O)Nc3ccc4c(c3)OCCO4)nc2s1. The van der Waals surface area contributed by atoms with Crippen LogP contribution >= 0.6 is 23.1 Å². The molecule has 1 aromatic carbocycles. The fraction of sp³-hybridized carbons (Fsp3) is 0.350. The Kier molecular flexibility index (Phi) is 5.77. The Hall–Kier alpha value is -2.52. The fourth-order valence-electron chi connectivity index (χ4n) is 3.06. The summed E-state index contributed by atoms with van der Waals surface area (Å²) in [7, 11) is 0. The Morgan fingerprint density at radius 2 is 2.03 bits per heavy atom. The van der Waals surface area contributed by atoms with E-state index in [2.05, 4.69) is 17.2 Å². The molecule has 152 valence electrons. The smallest absolute Gasteiger partial charge is 0.262 e. The number of benzene rings is 1. The zero-order chi connectivity index (χ0) is 20.4. The molecule has 0 saturated heterocycles. The first-order valence-electron chi connectivity index (χ1n) is 9.44. The van der Waals surface area contributed by atoms with E-state index in [-0.39, 0.29) is 17.2 Å². The highest BCUT2D eigenvalue weighted by atomic mass is 32.2. The van der Waals surface area contributed by atoms with Crippen LogP contribution in [0.5, 0.6) is 11.5 Å². The van der Waals surface area contributed by atoms with Gasteiger partial charge in [-0.15, -0.1) is 11.3 Å². The van der Waals surface area contributed by atoms with E-state index in [1.165, 1.54) is 23.1 Å². The Balaban J connectivity index is 1.49. The molecule has 1 aliphatic rings. The largest absolute Gasteiger partial charge is 0.486 e. The summed E-state index contributed by atoms with van der Waals surface area (Å²) in [5.41, 5.74) is 0.588. The van der Waals surface area contributed by atoms with Crippen LogP contribution < -0.4 is 20.3 Å². The third kappa shape index (κ3) is 4.11. The summed E-state index contributed by atoms with van der Waals surface area (Å²) in [4.78, 5) is 31.7. The summed E-state index contributed by atoms with van der Waals surface area (Å²) >= 11 is 2.79. The molecule has 9 heteroatoms. The molecular weight excluding hydrogens is 410 g/mol. The van der Waals surface area contributed by atoms with Crippen LogP contribution in [0, 0.1) is 0 Å². The molecule has 0 bridgehead atoms. The van der Waals surface area contributed by atoms with Gasteiger partial charge in [-0.3, -0.25) is 14.2 Å². The molecule has 0 aliphatic carbocycles. The minimum absolute atomic E-state index is 0.0526. The number of nitrogens with one attached hydrogen (secondary N) is 1. The van der Waals surface area contributed by atoms with E-state index in [1.54, 1.807) is 22.8 Å². The lowest BCUT2D eigenvalue weighted by molar-refractivity contribution is -0.113. The van der Waals surface area contributed by atoms with Crippen molar-refractivity contribution < 1.29 is 14.3 Å². The van der Waals surface area contributed by atoms with Crippen molar-refractivity contribution in [2.24, 2.45) is 0 Å². The average molecular weight is 432 g/mol. The number of amides is 1. The second-order valence-corrected chi connectivity index (χ2v) is 8.48. The summed E-state index contributed by atoms with van der Waals surface area (Å²) in [6.45, 7) is 5.48. The van der Waals surface area contributed by atoms with Gasteiger partial charge in [0.05, 0.1) is 11.1 Å². The maximum absolute atomic E-state index is 12.8. The normalized spacial score (nSPS) is 12.9. The third-order valence-electron chi connectivity index (χ3n) is 4.49. The van der Waals surface area contributed by atoms with Crippen LogP contribution in [-0.4, -0.2) is 34.4 Å². The Morgan fingerprint density at radius 3 is 2.79 bits per heavy atom. The average Bonchev–Trinajstić information content (AvgIpc) is 3.16. The van der Waals surface area contributed by atoms with E-state index < -0.39 is 0 Å².